The number of ether oxygens (including phenoxy) is 3. The van der Waals surface area contributed by atoms with Crippen LogP contribution in [0, 0.1) is 6.92 Å². The van der Waals surface area contributed by atoms with Crippen LogP contribution in [0.5, 0.6) is 23.0 Å². The van der Waals surface area contributed by atoms with Gasteiger partial charge in [-0.3, -0.25) is 0 Å². The molecule has 0 atom stereocenters. The minimum atomic E-state index is 0.366. The smallest absolute Gasteiger partial charge is 0.165 e. The van der Waals surface area contributed by atoms with E-state index in [2.05, 4.69) is 25.7 Å². The number of hydrogen-bond donors (Lipinski definition) is 3. The van der Waals surface area contributed by atoms with Gasteiger partial charge in [-0.1, -0.05) is 0 Å². The zero-order valence-corrected chi connectivity index (χ0v) is 22.1. The quantitative estimate of drug-likeness (QED) is 0.283. The molecule has 5 aromatic rings. The number of aromatic nitrogens is 5. The van der Waals surface area contributed by atoms with E-state index < -0.39 is 0 Å². The molecular formula is C28H30N8O3. The maximum atomic E-state index is 6.48. The molecule has 1 saturated heterocycles. The van der Waals surface area contributed by atoms with E-state index in [1.165, 1.54) is 6.33 Å². The third-order valence-corrected chi connectivity index (χ3v) is 6.96. The van der Waals surface area contributed by atoms with Gasteiger partial charge in [-0.2, -0.15) is 5.10 Å². The van der Waals surface area contributed by atoms with Crippen LogP contribution in [0.2, 0.25) is 0 Å². The Bertz CT molecular complexity index is 1660. The SMILES string of the molecule is COc1cc2nc(-c3cc(C)c(Oc4ccn5ncnc5c4)cc3OC)nc(N)c2cc1NC1CCNCC1. The molecule has 1 fully saturated rings. The van der Waals surface area contributed by atoms with Gasteiger partial charge in [-0.05, 0) is 56.6 Å². The number of nitrogens with two attached hydrogens (primary N) is 1. The third-order valence-electron chi connectivity index (χ3n) is 6.96. The van der Waals surface area contributed by atoms with Crippen molar-refractivity contribution in [1.82, 2.24) is 29.9 Å². The van der Waals surface area contributed by atoms with Crippen LogP contribution in [-0.4, -0.2) is 57.9 Å². The summed E-state index contributed by atoms with van der Waals surface area (Å²) in [6.07, 6.45) is 5.38. The lowest BCUT2D eigenvalue weighted by molar-refractivity contribution is 0.409. The summed E-state index contributed by atoms with van der Waals surface area (Å²) in [5.41, 5.74) is 10.3. The van der Waals surface area contributed by atoms with Crippen molar-refractivity contribution in [2.75, 3.05) is 38.4 Å². The van der Waals surface area contributed by atoms with Gasteiger partial charge >= 0.3 is 0 Å². The lowest BCUT2D eigenvalue weighted by Crippen LogP contribution is -2.35. The molecule has 0 unspecified atom stereocenters. The number of nitrogens with one attached hydrogen (secondary N) is 2. The van der Waals surface area contributed by atoms with E-state index >= 15 is 0 Å². The largest absolute Gasteiger partial charge is 0.496 e. The highest BCUT2D eigenvalue weighted by atomic mass is 16.5. The Labute approximate surface area is 225 Å². The standard InChI is InChI=1S/C28H30N8O3/c1-16-10-20(24(37-2)14-23(16)39-18-6-9-36-26(11-18)31-15-32-36)28-34-21-13-25(38-3)22(12-19(21)27(29)35-28)33-17-4-7-30-8-5-17/h6,9-15,17,30,33H,4-5,7-8H2,1-3H3,(H2,29,34,35). The van der Waals surface area contributed by atoms with Crippen LogP contribution in [0.3, 0.4) is 0 Å². The topological polar surface area (TPSA) is 134 Å². The van der Waals surface area contributed by atoms with Crippen molar-refractivity contribution in [3.63, 3.8) is 0 Å². The first-order valence-corrected chi connectivity index (χ1v) is 12.8. The number of fused-ring (bicyclic) bond motifs is 2. The molecule has 11 nitrogen and oxygen atoms in total. The summed E-state index contributed by atoms with van der Waals surface area (Å²) in [5.74, 6) is 3.39. The third kappa shape index (κ3) is 4.84. The number of hydrogen-bond acceptors (Lipinski definition) is 10. The summed E-state index contributed by atoms with van der Waals surface area (Å²) in [6.45, 7) is 3.94. The normalized spacial score (nSPS) is 14.0. The van der Waals surface area contributed by atoms with Gasteiger partial charge in [0, 0.05) is 35.8 Å². The fourth-order valence-electron chi connectivity index (χ4n) is 4.88. The van der Waals surface area contributed by atoms with E-state index in [1.807, 2.05) is 43.3 Å². The number of rotatable bonds is 7. The monoisotopic (exact) mass is 526 g/mol. The summed E-state index contributed by atoms with van der Waals surface area (Å²) in [5, 5.41) is 11.9. The fraction of sp³-hybridized carbons (Fsp3) is 0.286. The molecule has 2 aromatic carbocycles. The highest BCUT2D eigenvalue weighted by Crippen LogP contribution is 2.39. The minimum Gasteiger partial charge on any atom is -0.496 e. The maximum Gasteiger partial charge on any atom is 0.165 e. The Hall–Kier alpha value is -4.64. The van der Waals surface area contributed by atoms with Crippen molar-refractivity contribution in [3.05, 3.63) is 54.5 Å². The summed E-state index contributed by atoms with van der Waals surface area (Å²) in [4.78, 5) is 13.7. The van der Waals surface area contributed by atoms with Gasteiger partial charge in [0.1, 0.15) is 35.1 Å². The molecule has 0 radical (unpaired) electrons. The first kappa shape index (κ1) is 24.7. The van der Waals surface area contributed by atoms with Gasteiger partial charge < -0.3 is 30.6 Å². The van der Waals surface area contributed by atoms with E-state index in [-0.39, 0.29) is 0 Å². The number of methoxy groups -OCH3 is 2. The van der Waals surface area contributed by atoms with E-state index in [0.717, 1.165) is 42.6 Å². The second kappa shape index (κ2) is 10.3. The Morgan fingerprint density at radius 2 is 1.82 bits per heavy atom. The number of nitrogens with zero attached hydrogens (tertiary/aromatic N) is 5. The van der Waals surface area contributed by atoms with Crippen molar-refractivity contribution in [1.29, 1.82) is 0 Å². The number of piperidine rings is 1. The van der Waals surface area contributed by atoms with Gasteiger partial charge in [0.2, 0.25) is 0 Å². The molecule has 0 saturated carbocycles. The summed E-state index contributed by atoms with van der Waals surface area (Å²) in [6, 6.07) is 11.7. The van der Waals surface area contributed by atoms with E-state index in [1.54, 1.807) is 24.9 Å². The Kier molecular flexibility index (Phi) is 6.49. The number of benzene rings is 2. The molecule has 3 aromatic heterocycles. The number of anilines is 2. The number of aryl methyl sites for hydroxylation is 1. The fourth-order valence-corrected chi connectivity index (χ4v) is 4.88. The second-order valence-electron chi connectivity index (χ2n) is 9.52. The van der Waals surface area contributed by atoms with Crippen LogP contribution in [0.25, 0.3) is 27.9 Å². The first-order chi connectivity index (χ1) is 19.0. The van der Waals surface area contributed by atoms with Crippen LogP contribution in [0.15, 0.2) is 48.9 Å². The van der Waals surface area contributed by atoms with Crippen LogP contribution in [-0.2, 0) is 0 Å². The van der Waals surface area contributed by atoms with Crippen LogP contribution < -0.4 is 30.6 Å². The van der Waals surface area contributed by atoms with Gasteiger partial charge in [-0.15, -0.1) is 0 Å². The van der Waals surface area contributed by atoms with Crippen LogP contribution in [0.1, 0.15) is 18.4 Å². The molecular weight excluding hydrogens is 496 g/mol. The second-order valence-corrected chi connectivity index (χ2v) is 9.52. The molecule has 6 rings (SSSR count). The molecule has 200 valence electrons. The Morgan fingerprint density at radius 1 is 1.00 bits per heavy atom. The molecule has 4 heterocycles. The molecule has 4 N–H and O–H groups in total. The van der Waals surface area contributed by atoms with E-state index in [9.17, 15) is 0 Å². The number of nitrogen functional groups attached to an aromatic ring is 1. The molecule has 0 spiro atoms. The summed E-state index contributed by atoms with van der Waals surface area (Å²) >= 11 is 0. The van der Waals surface area contributed by atoms with Gasteiger partial charge in [0.25, 0.3) is 0 Å². The Morgan fingerprint density at radius 3 is 2.62 bits per heavy atom. The predicted molar refractivity (Wildman–Crippen MR) is 150 cm³/mol. The summed E-state index contributed by atoms with van der Waals surface area (Å²) in [7, 11) is 3.26. The highest BCUT2D eigenvalue weighted by Gasteiger charge is 2.19. The molecule has 0 bridgehead atoms. The van der Waals surface area contributed by atoms with Gasteiger partial charge in [0.15, 0.2) is 11.5 Å². The van der Waals surface area contributed by atoms with E-state index in [4.69, 9.17) is 24.9 Å². The highest BCUT2D eigenvalue weighted by molar-refractivity contribution is 5.94. The van der Waals surface area contributed by atoms with Gasteiger partial charge in [0.05, 0.1) is 31.0 Å². The molecule has 0 amide bonds. The van der Waals surface area contributed by atoms with Gasteiger partial charge in [-0.25, -0.2) is 19.5 Å². The van der Waals surface area contributed by atoms with Crippen LogP contribution >= 0.6 is 0 Å². The molecule has 1 aliphatic rings. The van der Waals surface area contributed by atoms with E-state index in [0.29, 0.717) is 57.4 Å². The van der Waals surface area contributed by atoms with Crippen molar-refractivity contribution < 1.29 is 14.2 Å². The lowest BCUT2D eigenvalue weighted by Gasteiger charge is -2.25. The first-order valence-electron chi connectivity index (χ1n) is 12.8. The molecule has 1 aliphatic heterocycles. The van der Waals surface area contributed by atoms with Crippen molar-refractivity contribution >= 4 is 28.1 Å². The average molecular weight is 527 g/mol. The Balaban J connectivity index is 1.35. The molecule has 11 heteroatoms. The van der Waals surface area contributed by atoms with Crippen molar-refractivity contribution in [2.45, 2.75) is 25.8 Å². The zero-order valence-electron chi connectivity index (χ0n) is 22.1. The molecule has 0 aliphatic carbocycles. The minimum absolute atomic E-state index is 0.366. The average Bonchev–Trinajstić information content (AvgIpc) is 3.42. The number of pyridine rings is 1. The molecule has 39 heavy (non-hydrogen) atoms. The van der Waals surface area contributed by atoms with Crippen molar-refractivity contribution in [2.24, 2.45) is 0 Å². The van der Waals surface area contributed by atoms with Crippen LogP contribution in [0.4, 0.5) is 11.5 Å². The zero-order chi connectivity index (χ0) is 26.9. The maximum absolute atomic E-state index is 6.48. The summed E-state index contributed by atoms with van der Waals surface area (Å²) < 4.78 is 19.3. The van der Waals surface area contributed by atoms with Crippen molar-refractivity contribution in [3.8, 4) is 34.4 Å². The predicted octanol–water partition coefficient (Wildman–Crippen LogP) is 4.20. The lowest BCUT2D eigenvalue weighted by atomic mass is 10.1.